The highest BCUT2D eigenvalue weighted by Gasteiger charge is 2.24. The SMILES string of the molecule is CC1CN(CC(O)CN(C)Cc2ccc(C#N)cc2)CC(C)O1. The summed E-state index contributed by atoms with van der Waals surface area (Å²) >= 11 is 0. The predicted molar refractivity (Wildman–Crippen MR) is 89.9 cm³/mol. The number of nitrogens with zero attached hydrogens (tertiary/aromatic N) is 3. The zero-order chi connectivity index (χ0) is 16.8. The number of benzene rings is 1. The third kappa shape index (κ3) is 5.92. The third-order valence-corrected chi connectivity index (χ3v) is 4.02. The number of likely N-dealkylation sites (N-methyl/N-ethyl adjacent to an activating group) is 1. The second kappa shape index (κ2) is 8.42. The van der Waals surface area contributed by atoms with E-state index in [9.17, 15) is 5.11 Å². The van der Waals surface area contributed by atoms with Crippen molar-refractivity contribution in [1.29, 1.82) is 5.26 Å². The molecule has 1 aromatic carbocycles. The normalized spacial score (nSPS) is 23.7. The van der Waals surface area contributed by atoms with Gasteiger partial charge in [0.15, 0.2) is 0 Å². The minimum atomic E-state index is -0.379. The molecule has 23 heavy (non-hydrogen) atoms. The van der Waals surface area contributed by atoms with E-state index in [1.54, 1.807) is 0 Å². The molecule has 5 nitrogen and oxygen atoms in total. The topological polar surface area (TPSA) is 59.7 Å². The number of ether oxygens (including phenoxy) is 1. The number of aliphatic hydroxyl groups is 1. The first-order valence-corrected chi connectivity index (χ1v) is 8.19. The Labute approximate surface area is 139 Å². The maximum atomic E-state index is 10.3. The zero-order valence-corrected chi connectivity index (χ0v) is 14.3. The van der Waals surface area contributed by atoms with Crippen molar-refractivity contribution < 1.29 is 9.84 Å². The third-order valence-electron chi connectivity index (χ3n) is 4.02. The highest BCUT2D eigenvalue weighted by molar-refractivity contribution is 5.31. The van der Waals surface area contributed by atoms with Crippen molar-refractivity contribution in [3.8, 4) is 6.07 Å². The van der Waals surface area contributed by atoms with Gasteiger partial charge in [-0.05, 0) is 38.6 Å². The number of hydrogen-bond donors (Lipinski definition) is 1. The fourth-order valence-electron chi connectivity index (χ4n) is 3.21. The standard InChI is InChI=1S/C18H27N3O2/c1-14-9-21(10-15(2)23-14)13-18(22)12-20(3)11-17-6-4-16(8-19)5-7-17/h4-7,14-15,18,22H,9-13H2,1-3H3. The number of aliphatic hydroxyl groups excluding tert-OH is 1. The summed E-state index contributed by atoms with van der Waals surface area (Å²) < 4.78 is 5.72. The molecule has 126 valence electrons. The van der Waals surface area contributed by atoms with E-state index in [2.05, 4.69) is 29.7 Å². The molecule has 1 heterocycles. The van der Waals surface area contributed by atoms with Crippen molar-refractivity contribution >= 4 is 0 Å². The molecule has 3 atom stereocenters. The summed E-state index contributed by atoms with van der Waals surface area (Å²) in [6.45, 7) is 7.97. The fraction of sp³-hybridized carbons (Fsp3) is 0.611. The Hall–Kier alpha value is -1.45. The van der Waals surface area contributed by atoms with Gasteiger partial charge >= 0.3 is 0 Å². The summed E-state index contributed by atoms with van der Waals surface area (Å²) in [6.07, 6.45) is 0.0699. The minimum Gasteiger partial charge on any atom is -0.390 e. The molecule has 1 saturated heterocycles. The van der Waals surface area contributed by atoms with Crippen molar-refractivity contribution in [2.45, 2.75) is 38.7 Å². The quantitative estimate of drug-likeness (QED) is 0.861. The lowest BCUT2D eigenvalue weighted by Gasteiger charge is -2.36. The maximum absolute atomic E-state index is 10.3. The molecule has 0 saturated carbocycles. The van der Waals surface area contributed by atoms with Crippen LogP contribution in [-0.2, 0) is 11.3 Å². The van der Waals surface area contributed by atoms with Gasteiger partial charge in [0.25, 0.3) is 0 Å². The van der Waals surface area contributed by atoms with E-state index in [-0.39, 0.29) is 18.3 Å². The van der Waals surface area contributed by atoms with Gasteiger partial charge in [-0.3, -0.25) is 9.80 Å². The molecule has 1 aliphatic rings. The summed E-state index contributed by atoms with van der Waals surface area (Å²) in [4.78, 5) is 4.39. The summed E-state index contributed by atoms with van der Waals surface area (Å²) in [5.41, 5.74) is 1.82. The van der Waals surface area contributed by atoms with Crippen LogP contribution in [0.1, 0.15) is 25.0 Å². The lowest BCUT2D eigenvalue weighted by atomic mass is 10.1. The molecule has 0 amide bonds. The minimum absolute atomic E-state index is 0.224. The van der Waals surface area contributed by atoms with Crippen LogP contribution in [0.3, 0.4) is 0 Å². The van der Waals surface area contributed by atoms with Crippen LogP contribution in [0.15, 0.2) is 24.3 Å². The first-order valence-electron chi connectivity index (χ1n) is 8.19. The Morgan fingerprint density at radius 2 is 1.91 bits per heavy atom. The van der Waals surface area contributed by atoms with E-state index in [1.807, 2.05) is 31.3 Å². The molecular formula is C18H27N3O2. The summed E-state index contributed by atoms with van der Waals surface area (Å²) in [6, 6.07) is 9.71. The van der Waals surface area contributed by atoms with Crippen LogP contribution in [0.4, 0.5) is 0 Å². The maximum Gasteiger partial charge on any atom is 0.0991 e. The molecule has 0 bridgehead atoms. The summed E-state index contributed by atoms with van der Waals surface area (Å²) in [5, 5.41) is 19.2. The van der Waals surface area contributed by atoms with Gasteiger partial charge in [-0.1, -0.05) is 12.1 Å². The van der Waals surface area contributed by atoms with Crippen molar-refractivity contribution in [1.82, 2.24) is 9.80 Å². The molecule has 1 N–H and O–H groups in total. The van der Waals surface area contributed by atoms with Gasteiger partial charge in [-0.25, -0.2) is 0 Å². The van der Waals surface area contributed by atoms with Crippen LogP contribution in [0.2, 0.25) is 0 Å². The number of β-amino-alcohol motifs (C(OH)–C–C–N with tert-alkyl or cyclic N) is 1. The van der Waals surface area contributed by atoms with Gasteiger partial charge < -0.3 is 9.84 Å². The molecule has 1 aliphatic heterocycles. The highest BCUT2D eigenvalue weighted by atomic mass is 16.5. The monoisotopic (exact) mass is 317 g/mol. The number of morpholine rings is 1. The van der Waals surface area contributed by atoms with Crippen molar-refractivity contribution in [3.63, 3.8) is 0 Å². The smallest absolute Gasteiger partial charge is 0.0991 e. The highest BCUT2D eigenvalue weighted by Crippen LogP contribution is 2.12. The van der Waals surface area contributed by atoms with E-state index < -0.39 is 0 Å². The molecule has 0 aliphatic carbocycles. The van der Waals surface area contributed by atoms with Crippen molar-refractivity contribution in [2.75, 3.05) is 33.2 Å². The largest absolute Gasteiger partial charge is 0.390 e. The van der Waals surface area contributed by atoms with E-state index >= 15 is 0 Å². The lowest BCUT2D eigenvalue weighted by Crippen LogP contribution is -2.49. The Kier molecular flexibility index (Phi) is 6.55. The molecule has 3 unspecified atom stereocenters. The van der Waals surface area contributed by atoms with Crippen molar-refractivity contribution in [2.24, 2.45) is 0 Å². The van der Waals surface area contributed by atoms with E-state index in [1.165, 1.54) is 0 Å². The Bertz CT molecular complexity index is 516. The van der Waals surface area contributed by atoms with E-state index in [0.717, 1.165) is 25.2 Å². The van der Waals surface area contributed by atoms with Gasteiger partial charge in [-0.2, -0.15) is 5.26 Å². The molecule has 0 aromatic heterocycles. The molecule has 0 radical (unpaired) electrons. The van der Waals surface area contributed by atoms with Gasteiger partial charge in [0.05, 0.1) is 29.9 Å². The van der Waals surface area contributed by atoms with Crippen LogP contribution < -0.4 is 0 Å². The zero-order valence-electron chi connectivity index (χ0n) is 14.3. The summed E-state index contributed by atoms with van der Waals surface area (Å²) in [7, 11) is 2.01. The van der Waals surface area contributed by atoms with Crippen LogP contribution in [-0.4, -0.2) is 66.4 Å². The second-order valence-corrected chi connectivity index (χ2v) is 6.64. The average Bonchev–Trinajstić information content (AvgIpc) is 2.46. The second-order valence-electron chi connectivity index (χ2n) is 6.64. The number of hydrogen-bond acceptors (Lipinski definition) is 5. The van der Waals surface area contributed by atoms with E-state index in [0.29, 0.717) is 18.7 Å². The molecule has 5 heteroatoms. The van der Waals surface area contributed by atoms with Crippen LogP contribution >= 0.6 is 0 Å². The molecule has 1 fully saturated rings. The Balaban J connectivity index is 1.77. The van der Waals surface area contributed by atoms with E-state index in [4.69, 9.17) is 10.00 Å². The van der Waals surface area contributed by atoms with Gasteiger partial charge in [-0.15, -0.1) is 0 Å². The molecular weight excluding hydrogens is 290 g/mol. The summed E-state index contributed by atoms with van der Waals surface area (Å²) in [5.74, 6) is 0. The number of rotatable bonds is 6. The van der Waals surface area contributed by atoms with Crippen LogP contribution in [0.25, 0.3) is 0 Å². The fourth-order valence-corrected chi connectivity index (χ4v) is 3.21. The average molecular weight is 317 g/mol. The first kappa shape index (κ1) is 17.9. The van der Waals surface area contributed by atoms with Crippen molar-refractivity contribution in [3.05, 3.63) is 35.4 Å². The predicted octanol–water partition coefficient (Wildman–Crippen LogP) is 1.46. The van der Waals surface area contributed by atoms with Gasteiger partial charge in [0.2, 0.25) is 0 Å². The molecule has 0 spiro atoms. The van der Waals surface area contributed by atoms with Crippen LogP contribution in [0, 0.1) is 11.3 Å². The van der Waals surface area contributed by atoms with Gasteiger partial charge in [0, 0.05) is 32.7 Å². The molecule has 1 aromatic rings. The van der Waals surface area contributed by atoms with Crippen LogP contribution in [0.5, 0.6) is 0 Å². The lowest BCUT2D eigenvalue weighted by molar-refractivity contribution is -0.0777. The Morgan fingerprint density at radius 1 is 1.30 bits per heavy atom. The molecule has 2 rings (SSSR count). The number of nitriles is 1. The Morgan fingerprint density at radius 3 is 2.48 bits per heavy atom. The van der Waals surface area contributed by atoms with Gasteiger partial charge in [0.1, 0.15) is 0 Å². The first-order chi connectivity index (χ1) is 11.0.